The van der Waals surface area contributed by atoms with Gasteiger partial charge in [-0.15, -0.1) is 0 Å². The minimum atomic E-state index is -0.296. The number of aromatic nitrogens is 1. The maximum Gasteiger partial charge on any atom is 0.257 e. The van der Waals surface area contributed by atoms with Crippen molar-refractivity contribution in [2.45, 2.75) is 0 Å². The SMILES string of the molecule is COc1ccccc1-c1cc(=O)c2ccc(NC(=O)c3cccnc3)cc2o1. The van der Waals surface area contributed by atoms with Crippen molar-refractivity contribution in [3.63, 3.8) is 0 Å². The number of pyridine rings is 1. The topological polar surface area (TPSA) is 81.4 Å². The molecule has 138 valence electrons. The van der Waals surface area contributed by atoms with E-state index in [-0.39, 0.29) is 11.3 Å². The summed E-state index contributed by atoms with van der Waals surface area (Å²) in [5.41, 5.74) is 1.83. The Balaban J connectivity index is 1.74. The zero-order valence-corrected chi connectivity index (χ0v) is 15.0. The highest BCUT2D eigenvalue weighted by Crippen LogP contribution is 2.31. The van der Waals surface area contributed by atoms with Gasteiger partial charge < -0.3 is 14.5 Å². The Morgan fingerprint density at radius 1 is 1.07 bits per heavy atom. The number of carbonyl (C=O) groups is 1. The van der Waals surface area contributed by atoms with Crippen LogP contribution in [-0.4, -0.2) is 18.0 Å². The quantitative estimate of drug-likeness (QED) is 0.583. The van der Waals surface area contributed by atoms with E-state index in [9.17, 15) is 9.59 Å². The first-order valence-corrected chi connectivity index (χ1v) is 8.58. The third-order valence-electron chi connectivity index (χ3n) is 4.28. The Labute approximate surface area is 160 Å². The fourth-order valence-corrected chi connectivity index (χ4v) is 2.91. The fraction of sp³-hybridized carbons (Fsp3) is 0.0455. The van der Waals surface area contributed by atoms with Gasteiger partial charge in [0.05, 0.1) is 23.6 Å². The standard InChI is InChI=1S/C22H16N2O4/c1-27-19-7-3-2-6-17(19)21-12-18(25)16-9-8-15(11-20(16)28-21)24-22(26)14-5-4-10-23-13-14/h2-13H,1H3,(H,24,26). The molecule has 0 aliphatic heterocycles. The highest BCUT2D eigenvalue weighted by molar-refractivity contribution is 6.04. The number of para-hydroxylation sites is 1. The first-order chi connectivity index (χ1) is 13.7. The molecule has 0 aliphatic carbocycles. The lowest BCUT2D eigenvalue weighted by Gasteiger charge is -2.09. The van der Waals surface area contributed by atoms with E-state index < -0.39 is 0 Å². The molecule has 0 atom stereocenters. The summed E-state index contributed by atoms with van der Waals surface area (Å²) < 4.78 is 11.3. The highest BCUT2D eigenvalue weighted by Gasteiger charge is 2.12. The number of carbonyl (C=O) groups excluding carboxylic acids is 1. The van der Waals surface area contributed by atoms with Gasteiger partial charge in [0, 0.05) is 30.2 Å². The average molecular weight is 372 g/mol. The third-order valence-corrected chi connectivity index (χ3v) is 4.28. The largest absolute Gasteiger partial charge is 0.496 e. The van der Waals surface area contributed by atoms with Gasteiger partial charge in [-0.25, -0.2) is 0 Å². The molecule has 0 saturated heterocycles. The van der Waals surface area contributed by atoms with E-state index in [1.807, 2.05) is 18.2 Å². The van der Waals surface area contributed by atoms with Crippen LogP contribution in [0.5, 0.6) is 5.75 Å². The molecule has 0 unspecified atom stereocenters. The molecule has 1 amide bonds. The summed E-state index contributed by atoms with van der Waals surface area (Å²) in [4.78, 5) is 28.8. The lowest BCUT2D eigenvalue weighted by Crippen LogP contribution is -2.12. The van der Waals surface area contributed by atoms with Crippen molar-refractivity contribution >= 4 is 22.6 Å². The first kappa shape index (κ1) is 17.5. The molecule has 2 aromatic carbocycles. The molecule has 6 nitrogen and oxygen atoms in total. The van der Waals surface area contributed by atoms with Crippen molar-refractivity contribution in [3.8, 4) is 17.1 Å². The summed E-state index contributed by atoms with van der Waals surface area (Å²) >= 11 is 0. The summed E-state index contributed by atoms with van der Waals surface area (Å²) in [6.07, 6.45) is 3.08. The van der Waals surface area contributed by atoms with Crippen LogP contribution in [0, 0.1) is 0 Å². The second-order valence-corrected chi connectivity index (χ2v) is 6.08. The van der Waals surface area contributed by atoms with Crippen molar-refractivity contribution < 1.29 is 13.9 Å². The number of hydrogen-bond donors (Lipinski definition) is 1. The van der Waals surface area contributed by atoms with E-state index in [1.54, 1.807) is 49.7 Å². The average Bonchev–Trinajstić information content (AvgIpc) is 2.74. The van der Waals surface area contributed by atoms with Crippen LogP contribution < -0.4 is 15.5 Å². The minimum Gasteiger partial charge on any atom is -0.496 e. The van der Waals surface area contributed by atoms with Crippen molar-refractivity contribution in [2.75, 3.05) is 12.4 Å². The van der Waals surface area contributed by atoms with Crippen LogP contribution in [0.25, 0.3) is 22.3 Å². The molecular weight excluding hydrogens is 356 g/mol. The van der Waals surface area contributed by atoms with Gasteiger partial charge in [-0.2, -0.15) is 0 Å². The molecule has 0 bridgehead atoms. The smallest absolute Gasteiger partial charge is 0.257 e. The number of rotatable bonds is 4. The number of hydrogen-bond acceptors (Lipinski definition) is 5. The van der Waals surface area contributed by atoms with Crippen LogP contribution in [0.4, 0.5) is 5.69 Å². The van der Waals surface area contributed by atoms with Crippen LogP contribution >= 0.6 is 0 Å². The van der Waals surface area contributed by atoms with E-state index >= 15 is 0 Å². The highest BCUT2D eigenvalue weighted by atomic mass is 16.5. The monoisotopic (exact) mass is 372 g/mol. The predicted octanol–water partition coefficient (Wildman–Crippen LogP) is 4.12. The van der Waals surface area contributed by atoms with E-state index in [4.69, 9.17) is 9.15 Å². The van der Waals surface area contributed by atoms with Crippen LogP contribution in [0.15, 0.2) is 82.3 Å². The third kappa shape index (κ3) is 3.35. The van der Waals surface area contributed by atoms with E-state index in [1.165, 1.54) is 12.3 Å². The van der Waals surface area contributed by atoms with Crippen LogP contribution in [-0.2, 0) is 0 Å². The zero-order valence-electron chi connectivity index (χ0n) is 15.0. The molecule has 4 rings (SSSR count). The lowest BCUT2D eigenvalue weighted by molar-refractivity contribution is 0.102. The second-order valence-electron chi connectivity index (χ2n) is 6.08. The maximum atomic E-state index is 12.5. The number of fused-ring (bicyclic) bond motifs is 1. The van der Waals surface area contributed by atoms with E-state index in [0.29, 0.717) is 39.3 Å². The summed E-state index contributed by atoms with van der Waals surface area (Å²) in [6, 6.07) is 17.0. The Bertz CT molecular complexity index is 1220. The molecule has 0 aliphatic rings. The lowest BCUT2D eigenvalue weighted by atomic mass is 10.1. The number of benzene rings is 2. The molecule has 2 heterocycles. The first-order valence-electron chi connectivity index (χ1n) is 8.58. The molecule has 0 saturated carbocycles. The fourth-order valence-electron chi connectivity index (χ4n) is 2.91. The maximum absolute atomic E-state index is 12.5. The summed E-state index contributed by atoms with van der Waals surface area (Å²) in [5, 5.41) is 3.21. The van der Waals surface area contributed by atoms with Crippen LogP contribution in [0.3, 0.4) is 0 Å². The summed E-state index contributed by atoms with van der Waals surface area (Å²) in [7, 11) is 1.56. The summed E-state index contributed by atoms with van der Waals surface area (Å²) in [5.74, 6) is 0.701. The molecule has 6 heteroatoms. The van der Waals surface area contributed by atoms with Gasteiger partial charge in [-0.3, -0.25) is 14.6 Å². The van der Waals surface area contributed by atoms with Crippen molar-refractivity contribution in [1.82, 2.24) is 4.98 Å². The van der Waals surface area contributed by atoms with E-state index in [0.717, 1.165) is 0 Å². The molecule has 0 fully saturated rings. The molecule has 2 aromatic heterocycles. The number of nitrogens with one attached hydrogen (secondary N) is 1. The zero-order chi connectivity index (χ0) is 19.5. The van der Waals surface area contributed by atoms with Gasteiger partial charge in [-0.05, 0) is 36.4 Å². The molecule has 0 spiro atoms. The van der Waals surface area contributed by atoms with Gasteiger partial charge in [0.15, 0.2) is 5.43 Å². The summed E-state index contributed by atoms with van der Waals surface area (Å²) in [6.45, 7) is 0. The normalized spacial score (nSPS) is 10.6. The number of methoxy groups -OCH3 is 1. The van der Waals surface area contributed by atoms with Crippen LogP contribution in [0.2, 0.25) is 0 Å². The van der Waals surface area contributed by atoms with Crippen LogP contribution in [0.1, 0.15) is 10.4 Å². The van der Waals surface area contributed by atoms with E-state index in [2.05, 4.69) is 10.3 Å². The molecule has 1 N–H and O–H groups in total. The Morgan fingerprint density at radius 3 is 2.71 bits per heavy atom. The number of nitrogens with zero attached hydrogens (tertiary/aromatic N) is 1. The Hall–Kier alpha value is -3.93. The minimum absolute atomic E-state index is 0.174. The molecule has 0 radical (unpaired) electrons. The molecule has 28 heavy (non-hydrogen) atoms. The van der Waals surface area contributed by atoms with Gasteiger partial charge in [0.1, 0.15) is 17.1 Å². The number of amides is 1. The Kier molecular flexibility index (Phi) is 4.60. The number of ether oxygens (including phenoxy) is 1. The van der Waals surface area contributed by atoms with Crippen molar-refractivity contribution in [3.05, 3.63) is 88.8 Å². The number of anilines is 1. The molecular formula is C22H16N2O4. The van der Waals surface area contributed by atoms with Crippen molar-refractivity contribution in [1.29, 1.82) is 0 Å². The van der Waals surface area contributed by atoms with Gasteiger partial charge in [0.2, 0.25) is 0 Å². The molecule has 4 aromatic rings. The van der Waals surface area contributed by atoms with Gasteiger partial charge in [-0.1, -0.05) is 12.1 Å². The van der Waals surface area contributed by atoms with Gasteiger partial charge >= 0.3 is 0 Å². The van der Waals surface area contributed by atoms with Crippen molar-refractivity contribution in [2.24, 2.45) is 0 Å². The predicted molar refractivity (Wildman–Crippen MR) is 107 cm³/mol. The van der Waals surface area contributed by atoms with Gasteiger partial charge in [0.25, 0.3) is 5.91 Å². The second kappa shape index (κ2) is 7.36. The Morgan fingerprint density at radius 2 is 1.93 bits per heavy atom.